The molecule has 1 saturated carbocycles. The van der Waals surface area contributed by atoms with Crippen LogP contribution in [0.3, 0.4) is 0 Å². The summed E-state index contributed by atoms with van der Waals surface area (Å²) in [5.41, 5.74) is -1.55. The molecule has 1 rings (SSSR count). The molecule has 0 aromatic carbocycles. The number of hydrogen-bond acceptors (Lipinski definition) is 2. The van der Waals surface area contributed by atoms with Crippen molar-refractivity contribution in [1.29, 1.82) is 0 Å². The molecular weight excluding hydrogens is 356 g/mol. The number of hydrogen-bond donors (Lipinski definition) is 0. The summed E-state index contributed by atoms with van der Waals surface area (Å²) in [6.45, 7) is 22.6. The number of allylic oxidation sites excluding steroid dienone is 1. The molecule has 0 aromatic rings. The first-order chi connectivity index (χ1) is 13.3. The second-order valence-corrected chi connectivity index (χ2v) is 9.35. The molecule has 0 saturated heterocycles. The lowest BCUT2D eigenvalue weighted by Gasteiger charge is -2.27. The van der Waals surface area contributed by atoms with Gasteiger partial charge in [0.25, 0.3) is 0 Å². The molecule has 1 aliphatic carbocycles. The number of carbonyl (C=O) groups is 2. The fourth-order valence-electron chi connectivity index (χ4n) is 2.57. The van der Waals surface area contributed by atoms with Crippen LogP contribution in [0.1, 0.15) is 88.5 Å². The largest absolute Gasteiger partial charge is 0.299 e. The van der Waals surface area contributed by atoms with Crippen LogP contribution in [-0.2, 0) is 9.59 Å². The summed E-state index contributed by atoms with van der Waals surface area (Å²) in [6, 6.07) is 0. The van der Waals surface area contributed by atoms with Gasteiger partial charge >= 0.3 is 0 Å². The van der Waals surface area contributed by atoms with Crippen molar-refractivity contribution in [3.8, 4) is 35.5 Å². The predicted molar refractivity (Wildman–Crippen MR) is 125 cm³/mol. The van der Waals surface area contributed by atoms with Crippen molar-refractivity contribution in [2.75, 3.05) is 0 Å². The minimum atomic E-state index is -0.631. The normalized spacial score (nSPS) is 18.9. The maximum atomic E-state index is 12.9. The average Bonchev–Trinajstić information content (AvgIpc) is 3.27. The van der Waals surface area contributed by atoms with Crippen LogP contribution >= 0.6 is 0 Å². The van der Waals surface area contributed by atoms with Gasteiger partial charge in [-0.1, -0.05) is 79.7 Å². The highest BCUT2D eigenvalue weighted by Crippen LogP contribution is 2.59. The Morgan fingerprint density at radius 3 is 1.83 bits per heavy atom. The van der Waals surface area contributed by atoms with E-state index in [1.807, 2.05) is 48.5 Å². The second kappa shape index (κ2) is 13.1. The molecule has 0 spiro atoms. The molecular formula is C27H40O2. The smallest absolute Gasteiger partial charge is 0.146 e. The Hall–Kier alpha value is -2.24. The summed E-state index contributed by atoms with van der Waals surface area (Å²) < 4.78 is 0. The fourth-order valence-corrected chi connectivity index (χ4v) is 2.57. The van der Waals surface area contributed by atoms with Crippen molar-refractivity contribution in [3.05, 3.63) is 12.7 Å². The van der Waals surface area contributed by atoms with Gasteiger partial charge in [-0.2, -0.15) is 0 Å². The minimum absolute atomic E-state index is 0.0792. The van der Waals surface area contributed by atoms with Crippen LogP contribution in [0, 0.1) is 57.7 Å². The van der Waals surface area contributed by atoms with Gasteiger partial charge in [0.1, 0.15) is 11.6 Å². The number of ketones is 2. The van der Waals surface area contributed by atoms with E-state index in [-0.39, 0.29) is 23.9 Å². The van der Waals surface area contributed by atoms with Crippen molar-refractivity contribution < 1.29 is 9.59 Å². The lowest BCUT2D eigenvalue weighted by atomic mass is 9.74. The lowest BCUT2D eigenvalue weighted by Crippen LogP contribution is -2.35. The summed E-state index contributed by atoms with van der Waals surface area (Å²) >= 11 is 0. The van der Waals surface area contributed by atoms with E-state index in [1.165, 1.54) is 6.42 Å². The molecule has 1 aliphatic rings. The van der Waals surface area contributed by atoms with Crippen molar-refractivity contribution in [3.63, 3.8) is 0 Å². The summed E-state index contributed by atoms with van der Waals surface area (Å²) in [4.78, 5) is 25.3. The van der Waals surface area contributed by atoms with Gasteiger partial charge in [0, 0.05) is 23.2 Å². The SMILES string of the molecule is C=CC.CC#CC#CC#CC1CC1(CC(=O)C(C)(C)C)C(=O)C(C)(C)C.CCC. The maximum Gasteiger partial charge on any atom is 0.146 e. The van der Waals surface area contributed by atoms with Crippen molar-refractivity contribution in [2.45, 2.75) is 88.5 Å². The van der Waals surface area contributed by atoms with Gasteiger partial charge in [0.2, 0.25) is 0 Å². The Kier molecular flexibility index (Phi) is 13.1. The Bertz CT molecular complexity index is 737. The van der Waals surface area contributed by atoms with Gasteiger partial charge in [0.05, 0.1) is 5.41 Å². The molecule has 0 radical (unpaired) electrons. The van der Waals surface area contributed by atoms with Gasteiger partial charge in [-0.3, -0.25) is 9.59 Å². The third kappa shape index (κ3) is 10.8. The quantitative estimate of drug-likeness (QED) is 0.417. The van der Waals surface area contributed by atoms with Crippen molar-refractivity contribution in [2.24, 2.45) is 22.2 Å². The molecule has 2 unspecified atom stereocenters. The number of Topliss-reactive ketones (excluding diaryl/α,β-unsaturated/α-hetero) is 2. The first kappa shape index (κ1) is 29.0. The average molecular weight is 397 g/mol. The number of rotatable bonds is 3. The Morgan fingerprint density at radius 2 is 1.45 bits per heavy atom. The van der Waals surface area contributed by atoms with E-state index in [0.29, 0.717) is 6.42 Å². The summed E-state index contributed by atoms with van der Waals surface area (Å²) in [5.74, 6) is 16.6. The van der Waals surface area contributed by atoms with E-state index in [9.17, 15) is 9.59 Å². The molecule has 0 amide bonds. The van der Waals surface area contributed by atoms with Gasteiger partial charge in [-0.15, -0.1) is 6.58 Å². The fraction of sp³-hybridized carbons (Fsp3) is 0.630. The highest BCUT2D eigenvalue weighted by atomic mass is 16.1. The van der Waals surface area contributed by atoms with Crippen molar-refractivity contribution in [1.82, 2.24) is 0 Å². The first-order valence-electron chi connectivity index (χ1n) is 10.4. The van der Waals surface area contributed by atoms with Gasteiger partial charge in [-0.25, -0.2) is 0 Å². The Labute approximate surface area is 180 Å². The molecule has 0 bridgehead atoms. The van der Waals surface area contributed by atoms with Crippen LogP contribution in [-0.4, -0.2) is 11.6 Å². The van der Waals surface area contributed by atoms with E-state index >= 15 is 0 Å². The van der Waals surface area contributed by atoms with Crippen LogP contribution in [0.4, 0.5) is 0 Å². The second-order valence-electron chi connectivity index (χ2n) is 9.35. The molecule has 2 heteroatoms. The molecule has 0 aromatic heterocycles. The van der Waals surface area contributed by atoms with Crippen molar-refractivity contribution >= 4 is 11.6 Å². The van der Waals surface area contributed by atoms with E-state index in [0.717, 1.165) is 0 Å². The molecule has 0 aliphatic heterocycles. The van der Waals surface area contributed by atoms with E-state index in [1.54, 1.807) is 13.0 Å². The zero-order valence-corrected chi connectivity index (χ0v) is 20.3. The van der Waals surface area contributed by atoms with Crippen LogP contribution < -0.4 is 0 Å². The van der Waals surface area contributed by atoms with E-state index < -0.39 is 16.2 Å². The standard InChI is InChI=1S/C21H26O2.C3H8.C3H6/c1-8-9-10-11-12-13-16-14-21(16,18(23)20(5,6)7)15-17(22)19(2,3)4;2*1-3-2/h16H,14-15H2,1-7H3;3H2,1-2H3;3H,1H2,2H3. The van der Waals surface area contributed by atoms with E-state index in [4.69, 9.17) is 0 Å². The van der Waals surface area contributed by atoms with Gasteiger partial charge in [0.15, 0.2) is 0 Å². The topological polar surface area (TPSA) is 34.1 Å². The minimum Gasteiger partial charge on any atom is -0.299 e. The molecule has 1 fully saturated rings. The molecule has 29 heavy (non-hydrogen) atoms. The zero-order valence-electron chi connectivity index (χ0n) is 20.3. The van der Waals surface area contributed by atoms with Crippen LogP contribution in [0.25, 0.3) is 0 Å². The summed E-state index contributed by atoms with van der Waals surface area (Å²) in [5, 5.41) is 0. The maximum absolute atomic E-state index is 12.9. The van der Waals surface area contributed by atoms with Crippen LogP contribution in [0.5, 0.6) is 0 Å². The molecule has 160 valence electrons. The molecule has 0 N–H and O–H groups in total. The van der Waals surface area contributed by atoms with Gasteiger partial charge < -0.3 is 0 Å². The Morgan fingerprint density at radius 1 is 1.00 bits per heavy atom. The summed E-state index contributed by atoms with van der Waals surface area (Å²) in [6.07, 6.45) is 3.92. The van der Waals surface area contributed by atoms with Gasteiger partial charge in [-0.05, 0) is 44.0 Å². The monoisotopic (exact) mass is 396 g/mol. The zero-order chi connectivity index (χ0) is 23.3. The molecule has 2 atom stereocenters. The molecule has 2 nitrogen and oxygen atoms in total. The van der Waals surface area contributed by atoms with Crippen LogP contribution in [0.2, 0.25) is 0 Å². The number of carbonyl (C=O) groups excluding carboxylic acids is 2. The lowest BCUT2D eigenvalue weighted by molar-refractivity contribution is -0.137. The third-order valence-corrected chi connectivity index (χ3v) is 4.08. The third-order valence-electron chi connectivity index (χ3n) is 4.08. The summed E-state index contributed by atoms with van der Waals surface area (Å²) in [7, 11) is 0. The first-order valence-corrected chi connectivity index (χ1v) is 10.4. The predicted octanol–water partition coefficient (Wildman–Crippen LogP) is 6.25. The highest BCUT2D eigenvalue weighted by Gasteiger charge is 2.62. The van der Waals surface area contributed by atoms with Crippen LogP contribution in [0.15, 0.2) is 12.7 Å². The van der Waals surface area contributed by atoms with E-state index in [2.05, 4.69) is 55.9 Å². The Balaban J connectivity index is 0. The molecule has 0 heterocycles. The highest BCUT2D eigenvalue weighted by molar-refractivity contribution is 5.98.